The lowest BCUT2D eigenvalue weighted by molar-refractivity contribution is 0.607. The molecule has 1 aromatic carbocycles. The van der Waals surface area contributed by atoms with Crippen molar-refractivity contribution >= 4 is 45.9 Å². The van der Waals surface area contributed by atoms with E-state index >= 15 is 0 Å². The van der Waals surface area contributed by atoms with Crippen LogP contribution in [0.4, 0.5) is 4.39 Å². The number of aliphatic imine (C=N–C) groups is 1. The molecule has 0 bridgehead atoms. The standard InChI is InChI=1S/C12H17BrFN3.HI/c1-2-6-16-12(15)17-7-5-9-8-10(13)3-4-11(9)14;/h3-4,8H,2,5-7H2,1H3,(H3,15,16,17);1H. The highest BCUT2D eigenvalue weighted by molar-refractivity contribution is 14.0. The Balaban J connectivity index is 0.00000289. The molecule has 18 heavy (non-hydrogen) atoms. The molecule has 0 fully saturated rings. The molecule has 3 nitrogen and oxygen atoms in total. The minimum atomic E-state index is -0.195. The Morgan fingerprint density at radius 3 is 2.89 bits per heavy atom. The zero-order valence-corrected chi connectivity index (χ0v) is 14.2. The van der Waals surface area contributed by atoms with Crippen molar-refractivity contribution in [2.24, 2.45) is 10.7 Å². The lowest BCUT2D eigenvalue weighted by Gasteiger charge is -2.06. The van der Waals surface area contributed by atoms with E-state index in [4.69, 9.17) is 5.73 Å². The molecule has 0 atom stereocenters. The largest absolute Gasteiger partial charge is 0.370 e. The first-order chi connectivity index (χ1) is 8.13. The Morgan fingerprint density at radius 1 is 1.50 bits per heavy atom. The van der Waals surface area contributed by atoms with E-state index in [0.29, 0.717) is 31.0 Å². The van der Waals surface area contributed by atoms with Crippen LogP contribution in [0, 0.1) is 5.82 Å². The molecule has 102 valence electrons. The summed E-state index contributed by atoms with van der Waals surface area (Å²) in [7, 11) is 0. The molecule has 0 amide bonds. The molecule has 1 rings (SSSR count). The lowest BCUT2D eigenvalue weighted by atomic mass is 10.1. The molecule has 0 aliphatic carbocycles. The van der Waals surface area contributed by atoms with Crippen molar-refractivity contribution in [1.29, 1.82) is 0 Å². The molecule has 0 aliphatic rings. The van der Waals surface area contributed by atoms with Gasteiger partial charge in [0.05, 0.1) is 0 Å². The van der Waals surface area contributed by atoms with Crippen molar-refractivity contribution in [1.82, 2.24) is 5.32 Å². The minimum absolute atomic E-state index is 0. The number of hydrogen-bond acceptors (Lipinski definition) is 1. The summed E-state index contributed by atoms with van der Waals surface area (Å²) in [5.74, 6) is 0.223. The maximum atomic E-state index is 13.4. The first-order valence-electron chi connectivity index (χ1n) is 5.61. The molecule has 0 radical (unpaired) electrons. The number of nitrogens with zero attached hydrogens (tertiary/aromatic N) is 1. The summed E-state index contributed by atoms with van der Waals surface area (Å²) in [4.78, 5) is 4.09. The van der Waals surface area contributed by atoms with Gasteiger partial charge in [-0.15, -0.1) is 24.0 Å². The summed E-state index contributed by atoms with van der Waals surface area (Å²) in [5.41, 5.74) is 6.29. The molecule has 0 heterocycles. The average Bonchev–Trinajstić information content (AvgIpc) is 2.31. The molecule has 0 spiro atoms. The molecule has 0 aliphatic heterocycles. The molecule has 1 aromatic rings. The molecule has 6 heteroatoms. The SMILES string of the molecule is CCCN=C(N)NCCc1cc(Br)ccc1F.I. The minimum Gasteiger partial charge on any atom is -0.370 e. The Kier molecular flexibility index (Phi) is 9.35. The Hall–Kier alpha value is -0.370. The van der Waals surface area contributed by atoms with Crippen LogP contribution in [0.15, 0.2) is 27.7 Å². The van der Waals surface area contributed by atoms with Gasteiger partial charge in [-0.1, -0.05) is 22.9 Å². The van der Waals surface area contributed by atoms with Crippen molar-refractivity contribution in [2.75, 3.05) is 13.1 Å². The number of nitrogens with two attached hydrogens (primary N) is 1. The van der Waals surface area contributed by atoms with E-state index in [9.17, 15) is 4.39 Å². The molecule has 0 aromatic heterocycles. The number of hydrogen-bond donors (Lipinski definition) is 2. The first kappa shape index (κ1) is 17.6. The van der Waals surface area contributed by atoms with Gasteiger partial charge in [-0.05, 0) is 36.6 Å². The van der Waals surface area contributed by atoms with Crippen LogP contribution in [0.3, 0.4) is 0 Å². The average molecular weight is 430 g/mol. The fourth-order valence-electron chi connectivity index (χ4n) is 1.35. The predicted molar refractivity (Wildman–Crippen MR) is 88.0 cm³/mol. The second-order valence-electron chi connectivity index (χ2n) is 3.68. The number of guanidine groups is 1. The summed E-state index contributed by atoms with van der Waals surface area (Å²) in [6, 6.07) is 4.91. The highest BCUT2D eigenvalue weighted by Gasteiger charge is 2.02. The Bertz CT molecular complexity index is 399. The van der Waals surface area contributed by atoms with Crippen LogP contribution in [0.1, 0.15) is 18.9 Å². The molecular formula is C12H18BrFIN3. The van der Waals surface area contributed by atoms with Crippen LogP contribution >= 0.6 is 39.9 Å². The fourth-order valence-corrected chi connectivity index (χ4v) is 1.76. The summed E-state index contributed by atoms with van der Waals surface area (Å²) in [6.45, 7) is 3.32. The molecular weight excluding hydrogens is 412 g/mol. The molecule has 0 saturated carbocycles. The van der Waals surface area contributed by atoms with Crippen molar-refractivity contribution < 1.29 is 4.39 Å². The lowest BCUT2D eigenvalue weighted by Crippen LogP contribution is -2.33. The molecule has 0 unspecified atom stereocenters. The van der Waals surface area contributed by atoms with Crippen LogP contribution in [-0.2, 0) is 6.42 Å². The van der Waals surface area contributed by atoms with Gasteiger partial charge in [-0.3, -0.25) is 4.99 Å². The second-order valence-corrected chi connectivity index (χ2v) is 4.60. The third-order valence-corrected chi connectivity index (χ3v) is 2.71. The van der Waals surface area contributed by atoms with E-state index in [1.54, 1.807) is 12.1 Å². The summed E-state index contributed by atoms with van der Waals surface area (Å²) < 4.78 is 14.3. The normalized spacial score (nSPS) is 10.9. The number of halogens is 3. The van der Waals surface area contributed by atoms with E-state index in [1.807, 2.05) is 6.92 Å². The van der Waals surface area contributed by atoms with Gasteiger partial charge in [-0.25, -0.2) is 4.39 Å². The highest BCUT2D eigenvalue weighted by atomic mass is 127. The van der Waals surface area contributed by atoms with E-state index in [-0.39, 0.29) is 29.8 Å². The first-order valence-corrected chi connectivity index (χ1v) is 6.40. The van der Waals surface area contributed by atoms with Crippen LogP contribution in [0.25, 0.3) is 0 Å². The van der Waals surface area contributed by atoms with E-state index in [1.165, 1.54) is 6.07 Å². The van der Waals surface area contributed by atoms with Gasteiger partial charge in [-0.2, -0.15) is 0 Å². The molecule has 0 saturated heterocycles. The van der Waals surface area contributed by atoms with Gasteiger partial charge in [0.2, 0.25) is 0 Å². The number of benzene rings is 1. The second kappa shape index (κ2) is 9.55. The fraction of sp³-hybridized carbons (Fsp3) is 0.417. The van der Waals surface area contributed by atoms with Crippen LogP contribution < -0.4 is 11.1 Å². The van der Waals surface area contributed by atoms with Crippen LogP contribution in [-0.4, -0.2) is 19.0 Å². The van der Waals surface area contributed by atoms with E-state index < -0.39 is 0 Å². The zero-order chi connectivity index (χ0) is 12.7. The monoisotopic (exact) mass is 429 g/mol. The number of nitrogens with one attached hydrogen (secondary N) is 1. The van der Waals surface area contributed by atoms with Gasteiger partial charge >= 0.3 is 0 Å². The van der Waals surface area contributed by atoms with Gasteiger partial charge in [0, 0.05) is 17.6 Å². The molecule has 3 N–H and O–H groups in total. The van der Waals surface area contributed by atoms with E-state index in [2.05, 4.69) is 26.2 Å². The van der Waals surface area contributed by atoms with Gasteiger partial charge < -0.3 is 11.1 Å². The summed E-state index contributed by atoms with van der Waals surface area (Å²) >= 11 is 3.32. The van der Waals surface area contributed by atoms with Crippen molar-refractivity contribution in [3.8, 4) is 0 Å². The smallest absolute Gasteiger partial charge is 0.188 e. The maximum absolute atomic E-state index is 13.4. The summed E-state index contributed by atoms with van der Waals surface area (Å²) in [6.07, 6.45) is 1.54. The topological polar surface area (TPSA) is 50.4 Å². The zero-order valence-electron chi connectivity index (χ0n) is 10.2. The van der Waals surface area contributed by atoms with Crippen LogP contribution in [0.2, 0.25) is 0 Å². The third-order valence-electron chi connectivity index (χ3n) is 2.21. The van der Waals surface area contributed by atoms with Gasteiger partial charge in [0.25, 0.3) is 0 Å². The quantitative estimate of drug-likeness (QED) is 0.429. The van der Waals surface area contributed by atoms with Crippen molar-refractivity contribution in [3.63, 3.8) is 0 Å². The Labute approximate surface area is 133 Å². The van der Waals surface area contributed by atoms with Crippen molar-refractivity contribution in [3.05, 3.63) is 34.1 Å². The summed E-state index contributed by atoms with van der Waals surface area (Å²) in [5, 5.41) is 2.96. The van der Waals surface area contributed by atoms with Gasteiger partial charge in [0.15, 0.2) is 5.96 Å². The Morgan fingerprint density at radius 2 is 2.22 bits per heavy atom. The van der Waals surface area contributed by atoms with E-state index in [0.717, 1.165) is 10.9 Å². The van der Waals surface area contributed by atoms with Crippen LogP contribution in [0.5, 0.6) is 0 Å². The van der Waals surface area contributed by atoms with Gasteiger partial charge in [0.1, 0.15) is 5.82 Å². The third kappa shape index (κ3) is 6.53. The predicted octanol–water partition coefficient (Wildman–Crippen LogP) is 3.06. The van der Waals surface area contributed by atoms with Crippen molar-refractivity contribution in [2.45, 2.75) is 19.8 Å². The maximum Gasteiger partial charge on any atom is 0.188 e. The highest BCUT2D eigenvalue weighted by Crippen LogP contribution is 2.15. The number of rotatable bonds is 5.